The van der Waals surface area contributed by atoms with E-state index in [1.54, 1.807) is 6.20 Å². The molecule has 2 fully saturated rings. The first kappa shape index (κ1) is 21.1. The Morgan fingerprint density at radius 2 is 1.93 bits per heavy atom. The quantitative estimate of drug-likeness (QED) is 0.629. The van der Waals surface area contributed by atoms with E-state index in [2.05, 4.69) is 21.7 Å². The van der Waals surface area contributed by atoms with Gasteiger partial charge < -0.3 is 15.4 Å². The Morgan fingerprint density at radius 3 is 2.67 bits per heavy atom. The van der Waals surface area contributed by atoms with Gasteiger partial charge in [-0.3, -0.25) is 4.79 Å². The van der Waals surface area contributed by atoms with Crippen LogP contribution in [0.25, 0.3) is 0 Å². The Bertz CT molecular complexity index is 890. The van der Waals surface area contributed by atoms with E-state index in [0.717, 1.165) is 61.5 Å². The van der Waals surface area contributed by atoms with Crippen molar-refractivity contribution in [2.24, 2.45) is 5.92 Å². The van der Waals surface area contributed by atoms with Gasteiger partial charge in [-0.25, -0.2) is 4.98 Å². The van der Waals surface area contributed by atoms with Crippen molar-refractivity contribution < 1.29 is 9.53 Å². The molecule has 5 nitrogen and oxygen atoms in total. The fraction of sp³-hybridized carbons (Fsp3) is 0.500. The SMILES string of the molecule is Cc1cc(Cl)ccc1Nc1cc(C2CCCC2)c(C(=O)NCC2CCOCC2)cn1. The van der Waals surface area contributed by atoms with Crippen LogP contribution in [-0.4, -0.2) is 30.6 Å². The highest BCUT2D eigenvalue weighted by molar-refractivity contribution is 6.30. The topological polar surface area (TPSA) is 63.2 Å². The van der Waals surface area contributed by atoms with E-state index >= 15 is 0 Å². The van der Waals surface area contributed by atoms with Gasteiger partial charge in [0.25, 0.3) is 5.91 Å². The Balaban J connectivity index is 1.53. The highest BCUT2D eigenvalue weighted by Crippen LogP contribution is 2.37. The van der Waals surface area contributed by atoms with Gasteiger partial charge in [-0.05, 0) is 79.8 Å². The summed E-state index contributed by atoms with van der Waals surface area (Å²) >= 11 is 6.08. The standard InChI is InChI=1S/C24H30ClN3O2/c1-16-12-19(25)6-7-22(16)28-23-13-20(18-4-2-3-5-18)21(15-26-23)24(29)27-14-17-8-10-30-11-9-17/h6-7,12-13,15,17-18H,2-5,8-11,14H2,1H3,(H,26,28)(H,27,29). The molecular weight excluding hydrogens is 398 g/mol. The number of hydrogen-bond donors (Lipinski definition) is 2. The molecule has 4 rings (SSSR count). The van der Waals surface area contributed by atoms with Crippen LogP contribution in [0.4, 0.5) is 11.5 Å². The lowest BCUT2D eigenvalue weighted by molar-refractivity contribution is 0.0642. The molecule has 2 aliphatic rings. The summed E-state index contributed by atoms with van der Waals surface area (Å²) in [6, 6.07) is 7.82. The molecule has 0 atom stereocenters. The molecule has 0 radical (unpaired) electrons. The van der Waals surface area contributed by atoms with E-state index in [1.165, 1.54) is 12.8 Å². The van der Waals surface area contributed by atoms with Crippen molar-refractivity contribution in [3.8, 4) is 0 Å². The number of halogens is 1. The largest absolute Gasteiger partial charge is 0.381 e. The van der Waals surface area contributed by atoms with Crippen molar-refractivity contribution in [3.63, 3.8) is 0 Å². The lowest BCUT2D eigenvalue weighted by atomic mass is 9.93. The van der Waals surface area contributed by atoms with Gasteiger partial charge in [0.05, 0.1) is 5.56 Å². The summed E-state index contributed by atoms with van der Waals surface area (Å²) in [5.41, 5.74) is 3.86. The van der Waals surface area contributed by atoms with Crippen LogP contribution in [0, 0.1) is 12.8 Å². The molecule has 1 aliphatic carbocycles. The zero-order valence-corrected chi connectivity index (χ0v) is 18.3. The molecule has 2 heterocycles. The summed E-state index contributed by atoms with van der Waals surface area (Å²) < 4.78 is 5.42. The third-order valence-corrected chi connectivity index (χ3v) is 6.55. The lowest BCUT2D eigenvalue weighted by Gasteiger charge is -2.23. The number of aryl methyl sites for hydroxylation is 1. The Labute approximate surface area is 183 Å². The molecule has 160 valence electrons. The van der Waals surface area contributed by atoms with Crippen molar-refractivity contribution in [2.75, 3.05) is 25.1 Å². The molecular formula is C24H30ClN3O2. The molecule has 1 saturated heterocycles. The zero-order chi connectivity index (χ0) is 20.9. The first-order chi connectivity index (χ1) is 14.6. The van der Waals surface area contributed by atoms with Gasteiger partial charge in [-0.1, -0.05) is 24.4 Å². The molecule has 1 aliphatic heterocycles. The van der Waals surface area contributed by atoms with E-state index in [4.69, 9.17) is 16.3 Å². The third kappa shape index (κ3) is 5.13. The van der Waals surface area contributed by atoms with E-state index < -0.39 is 0 Å². The number of amides is 1. The van der Waals surface area contributed by atoms with E-state index in [9.17, 15) is 4.79 Å². The number of rotatable bonds is 6. The fourth-order valence-electron chi connectivity index (χ4n) is 4.49. The van der Waals surface area contributed by atoms with Crippen molar-refractivity contribution in [3.05, 3.63) is 52.2 Å². The van der Waals surface area contributed by atoms with E-state index in [0.29, 0.717) is 29.0 Å². The first-order valence-electron chi connectivity index (χ1n) is 11.0. The number of anilines is 2. The molecule has 0 spiro atoms. The Hall–Kier alpha value is -2.11. The van der Waals surface area contributed by atoms with Gasteiger partial charge in [0.15, 0.2) is 0 Å². The molecule has 0 unspecified atom stereocenters. The van der Waals surface area contributed by atoms with E-state index in [-0.39, 0.29) is 5.91 Å². The Morgan fingerprint density at radius 1 is 1.17 bits per heavy atom. The number of nitrogens with zero attached hydrogens (tertiary/aromatic N) is 1. The number of carbonyl (C=O) groups excluding carboxylic acids is 1. The maximum atomic E-state index is 13.0. The van der Waals surface area contributed by atoms with Crippen LogP contribution in [0.5, 0.6) is 0 Å². The molecule has 2 N–H and O–H groups in total. The van der Waals surface area contributed by atoms with Crippen LogP contribution < -0.4 is 10.6 Å². The Kier molecular flexibility index (Phi) is 6.90. The minimum absolute atomic E-state index is 0.00915. The summed E-state index contributed by atoms with van der Waals surface area (Å²) in [5, 5.41) is 7.26. The maximum absolute atomic E-state index is 13.0. The molecule has 1 amide bonds. The van der Waals surface area contributed by atoms with Crippen LogP contribution >= 0.6 is 11.6 Å². The number of benzene rings is 1. The normalized spacial score (nSPS) is 17.8. The van der Waals surface area contributed by atoms with Crippen molar-refractivity contribution in [1.82, 2.24) is 10.3 Å². The molecule has 30 heavy (non-hydrogen) atoms. The molecule has 6 heteroatoms. The number of hydrogen-bond acceptors (Lipinski definition) is 4. The van der Waals surface area contributed by atoms with Crippen LogP contribution in [0.15, 0.2) is 30.5 Å². The second kappa shape index (κ2) is 9.80. The van der Waals surface area contributed by atoms with Crippen molar-refractivity contribution >= 4 is 29.0 Å². The van der Waals surface area contributed by atoms with Gasteiger partial charge >= 0.3 is 0 Å². The molecule has 1 aromatic carbocycles. The third-order valence-electron chi connectivity index (χ3n) is 6.32. The summed E-state index contributed by atoms with van der Waals surface area (Å²) in [6.07, 6.45) is 8.45. The van der Waals surface area contributed by atoms with Gasteiger partial charge in [-0.15, -0.1) is 0 Å². The number of pyridine rings is 1. The predicted octanol–water partition coefficient (Wildman–Crippen LogP) is 5.60. The van der Waals surface area contributed by atoms with Gasteiger partial charge in [0.1, 0.15) is 5.82 Å². The molecule has 1 saturated carbocycles. The fourth-order valence-corrected chi connectivity index (χ4v) is 4.72. The summed E-state index contributed by atoms with van der Waals surface area (Å²) in [7, 11) is 0. The average Bonchev–Trinajstić information content (AvgIpc) is 3.29. The smallest absolute Gasteiger partial charge is 0.253 e. The number of aromatic nitrogens is 1. The molecule has 2 aromatic rings. The van der Waals surface area contributed by atoms with Gasteiger partial charge in [0, 0.05) is 36.7 Å². The minimum Gasteiger partial charge on any atom is -0.381 e. The highest BCUT2D eigenvalue weighted by Gasteiger charge is 2.24. The molecule has 0 bridgehead atoms. The van der Waals surface area contributed by atoms with Gasteiger partial charge in [0.2, 0.25) is 0 Å². The van der Waals surface area contributed by atoms with Crippen LogP contribution in [0.3, 0.4) is 0 Å². The summed E-state index contributed by atoms with van der Waals surface area (Å²) in [5.74, 6) is 1.68. The van der Waals surface area contributed by atoms with Crippen LogP contribution in [0.2, 0.25) is 5.02 Å². The summed E-state index contributed by atoms with van der Waals surface area (Å²) in [4.78, 5) is 17.6. The highest BCUT2D eigenvalue weighted by atomic mass is 35.5. The lowest BCUT2D eigenvalue weighted by Crippen LogP contribution is -2.33. The van der Waals surface area contributed by atoms with Gasteiger partial charge in [-0.2, -0.15) is 0 Å². The van der Waals surface area contributed by atoms with Crippen LogP contribution in [0.1, 0.15) is 65.9 Å². The monoisotopic (exact) mass is 427 g/mol. The number of carbonyl (C=O) groups is 1. The van der Waals surface area contributed by atoms with Crippen LogP contribution in [-0.2, 0) is 4.74 Å². The second-order valence-electron chi connectivity index (χ2n) is 8.49. The predicted molar refractivity (Wildman–Crippen MR) is 121 cm³/mol. The first-order valence-corrected chi connectivity index (χ1v) is 11.4. The number of nitrogens with one attached hydrogen (secondary N) is 2. The van der Waals surface area contributed by atoms with E-state index in [1.807, 2.05) is 25.1 Å². The average molecular weight is 428 g/mol. The summed E-state index contributed by atoms with van der Waals surface area (Å²) in [6.45, 7) is 4.31. The number of ether oxygens (including phenoxy) is 1. The second-order valence-corrected chi connectivity index (χ2v) is 8.92. The zero-order valence-electron chi connectivity index (χ0n) is 17.5. The maximum Gasteiger partial charge on any atom is 0.253 e. The molecule has 1 aromatic heterocycles. The minimum atomic E-state index is -0.00915. The van der Waals surface area contributed by atoms with Crippen molar-refractivity contribution in [1.29, 1.82) is 0 Å². The van der Waals surface area contributed by atoms with Crippen molar-refractivity contribution in [2.45, 2.75) is 51.4 Å².